The lowest BCUT2D eigenvalue weighted by Crippen LogP contribution is -2.02. The van der Waals surface area contributed by atoms with Crippen molar-refractivity contribution in [2.75, 3.05) is 6.26 Å². The Balaban J connectivity index is 1.95. The summed E-state index contributed by atoms with van der Waals surface area (Å²) in [6, 6.07) is 12.1. The molecule has 0 atom stereocenters. The fourth-order valence-corrected chi connectivity index (χ4v) is 2.35. The molecule has 0 saturated heterocycles. The average molecular weight is 328 g/mol. The van der Waals surface area contributed by atoms with Crippen molar-refractivity contribution in [1.29, 1.82) is 0 Å². The minimum Gasteiger partial charge on any atom is -0.489 e. The minimum absolute atomic E-state index is 0.0799. The molecule has 0 amide bonds. The van der Waals surface area contributed by atoms with Gasteiger partial charge in [-0.2, -0.15) is 8.78 Å². The van der Waals surface area contributed by atoms with Gasteiger partial charge in [-0.15, -0.1) is 0 Å². The van der Waals surface area contributed by atoms with E-state index in [4.69, 9.17) is 4.74 Å². The topological polar surface area (TPSA) is 52.6 Å². The second-order valence-corrected chi connectivity index (χ2v) is 6.57. The van der Waals surface area contributed by atoms with Crippen LogP contribution >= 0.6 is 0 Å². The molecule has 0 N–H and O–H groups in total. The number of hydrogen-bond acceptors (Lipinski definition) is 4. The van der Waals surface area contributed by atoms with E-state index in [1.165, 1.54) is 24.3 Å². The van der Waals surface area contributed by atoms with E-state index < -0.39 is 16.4 Å². The van der Waals surface area contributed by atoms with E-state index in [0.717, 1.165) is 11.8 Å². The number of benzene rings is 2. The SMILES string of the molecule is CS(=O)(=O)c1ccc(OCc2ccc(OC(F)F)cc2)cc1. The van der Waals surface area contributed by atoms with Gasteiger partial charge in [-0.3, -0.25) is 0 Å². The van der Waals surface area contributed by atoms with Gasteiger partial charge in [-0.05, 0) is 42.0 Å². The molecule has 0 aliphatic carbocycles. The first kappa shape index (κ1) is 16.2. The Labute approximate surface area is 127 Å². The highest BCUT2D eigenvalue weighted by Crippen LogP contribution is 2.19. The number of rotatable bonds is 6. The molecule has 4 nitrogen and oxygen atoms in total. The fourth-order valence-electron chi connectivity index (χ4n) is 1.72. The van der Waals surface area contributed by atoms with Gasteiger partial charge in [-0.25, -0.2) is 8.42 Å². The molecular weight excluding hydrogens is 314 g/mol. The van der Waals surface area contributed by atoms with Gasteiger partial charge >= 0.3 is 6.61 Å². The monoisotopic (exact) mass is 328 g/mol. The van der Waals surface area contributed by atoms with Crippen molar-refractivity contribution in [3.05, 3.63) is 54.1 Å². The van der Waals surface area contributed by atoms with Crippen LogP contribution in [-0.4, -0.2) is 21.3 Å². The highest BCUT2D eigenvalue weighted by Gasteiger charge is 2.07. The van der Waals surface area contributed by atoms with Crippen molar-refractivity contribution in [2.45, 2.75) is 18.1 Å². The van der Waals surface area contributed by atoms with Crippen molar-refractivity contribution in [2.24, 2.45) is 0 Å². The number of hydrogen-bond donors (Lipinski definition) is 0. The van der Waals surface area contributed by atoms with Crippen LogP contribution < -0.4 is 9.47 Å². The van der Waals surface area contributed by atoms with Crippen LogP contribution in [0.5, 0.6) is 11.5 Å². The molecule has 7 heteroatoms. The van der Waals surface area contributed by atoms with E-state index in [2.05, 4.69) is 4.74 Å². The summed E-state index contributed by atoms with van der Waals surface area (Å²) in [7, 11) is -3.23. The predicted octanol–water partition coefficient (Wildman–Crippen LogP) is 3.27. The maximum Gasteiger partial charge on any atom is 0.387 e. The number of alkyl halides is 2. The van der Waals surface area contributed by atoms with E-state index in [9.17, 15) is 17.2 Å². The van der Waals surface area contributed by atoms with E-state index in [-0.39, 0.29) is 17.3 Å². The molecule has 2 aromatic carbocycles. The predicted molar refractivity (Wildman–Crippen MR) is 77.0 cm³/mol. The second kappa shape index (κ2) is 6.74. The van der Waals surface area contributed by atoms with Crippen molar-refractivity contribution in [1.82, 2.24) is 0 Å². The summed E-state index contributed by atoms with van der Waals surface area (Å²) in [6.07, 6.45) is 1.13. The minimum atomic E-state index is -3.23. The van der Waals surface area contributed by atoms with E-state index in [0.29, 0.717) is 5.75 Å². The van der Waals surface area contributed by atoms with Crippen molar-refractivity contribution >= 4 is 9.84 Å². The summed E-state index contributed by atoms with van der Waals surface area (Å²) in [6.45, 7) is -2.62. The van der Waals surface area contributed by atoms with Crippen LogP contribution in [0.3, 0.4) is 0 Å². The van der Waals surface area contributed by atoms with Gasteiger partial charge in [0.2, 0.25) is 0 Å². The standard InChI is InChI=1S/C15H14F2O4S/c1-22(18,19)14-8-6-12(7-9-14)20-10-11-2-4-13(5-3-11)21-15(16)17/h2-9,15H,10H2,1H3. The molecule has 0 heterocycles. The molecule has 2 rings (SSSR count). The Morgan fingerprint density at radius 2 is 1.50 bits per heavy atom. The molecule has 22 heavy (non-hydrogen) atoms. The molecule has 0 unspecified atom stereocenters. The lowest BCUT2D eigenvalue weighted by molar-refractivity contribution is -0.0498. The summed E-state index contributed by atoms with van der Waals surface area (Å²) < 4.78 is 56.4. The molecular formula is C15H14F2O4S. The first-order valence-electron chi connectivity index (χ1n) is 6.31. The first-order valence-corrected chi connectivity index (χ1v) is 8.20. The van der Waals surface area contributed by atoms with Gasteiger partial charge in [-0.1, -0.05) is 12.1 Å². The third-order valence-electron chi connectivity index (χ3n) is 2.81. The molecule has 2 aromatic rings. The number of ether oxygens (including phenoxy) is 2. The number of sulfone groups is 1. The first-order chi connectivity index (χ1) is 10.3. The van der Waals surface area contributed by atoms with Crippen LogP contribution in [0.1, 0.15) is 5.56 Å². The van der Waals surface area contributed by atoms with E-state index in [1.54, 1.807) is 24.3 Å². The van der Waals surface area contributed by atoms with Crippen LogP contribution in [0.25, 0.3) is 0 Å². The summed E-state index contributed by atoms with van der Waals surface area (Å²) in [5, 5.41) is 0. The highest BCUT2D eigenvalue weighted by molar-refractivity contribution is 7.90. The maximum absolute atomic E-state index is 12.0. The molecule has 0 spiro atoms. The normalized spacial score (nSPS) is 11.5. The molecule has 0 aliphatic rings. The van der Waals surface area contributed by atoms with E-state index >= 15 is 0 Å². The number of halogens is 2. The summed E-state index contributed by atoms with van der Waals surface area (Å²) >= 11 is 0. The lowest BCUT2D eigenvalue weighted by atomic mass is 10.2. The van der Waals surface area contributed by atoms with Gasteiger partial charge in [0.05, 0.1) is 4.90 Å². The van der Waals surface area contributed by atoms with Crippen LogP contribution in [0, 0.1) is 0 Å². The zero-order valence-electron chi connectivity index (χ0n) is 11.7. The second-order valence-electron chi connectivity index (χ2n) is 4.55. The zero-order chi connectivity index (χ0) is 16.2. The van der Waals surface area contributed by atoms with E-state index in [1.807, 2.05) is 0 Å². The molecule has 0 radical (unpaired) electrons. The van der Waals surface area contributed by atoms with Crippen molar-refractivity contribution < 1.29 is 26.7 Å². The third kappa shape index (κ3) is 4.70. The maximum atomic E-state index is 12.0. The van der Waals surface area contributed by atoms with Crippen LogP contribution in [0.15, 0.2) is 53.4 Å². The molecule has 118 valence electrons. The van der Waals surface area contributed by atoms with Crippen LogP contribution in [0.2, 0.25) is 0 Å². The van der Waals surface area contributed by atoms with Crippen LogP contribution in [0.4, 0.5) is 8.78 Å². The van der Waals surface area contributed by atoms with Gasteiger partial charge in [0, 0.05) is 6.26 Å². The molecule has 0 aromatic heterocycles. The Morgan fingerprint density at radius 3 is 2.00 bits per heavy atom. The average Bonchev–Trinajstić information content (AvgIpc) is 2.45. The Kier molecular flexibility index (Phi) is 4.97. The summed E-state index contributed by atoms with van der Waals surface area (Å²) in [4.78, 5) is 0.216. The summed E-state index contributed by atoms with van der Waals surface area (Å²) in [5.41, 5.74) is 0.772. The lowest BCUT2D eigenvalue weighted by Gasteiger charge is -2.08. The van der Waals surface area contributed by atoms with Crippen molar-refractivity contribution in [3.8, 4) is 11.5 Å². The largest absolute Gasteiger partial charge is 0.489 e. The quantitative estimate of drug-likeness (QED) is 0.817. The smallest absolute Gasteiger partial charge is 0.387 e. The Hall–Kier alpha value is -2.15. The fraction of sp³-hybridized carbons (Fsp3) is 0.200. The molecule has 0 aliphatic heterocycles. The zero-order valence-corrected chi connectivity index (χ0v) is 12.5. The van der Waals surface area contributed by atoms with Gasteiger partial charge in [0.1, 0.15) is 18.1 Å². The molecule has 0 fully saturated rings. The van der Waals surface area contributed by atoms with Crippen LogP contribution in [-0.2, 0) is 16.4 Å². The van der Waals surface area contributed by atoms with Gasteiger partial charge in [0.15, 0.2) is 9.84 Å². The Bertz CT molecular complexity index is 710. The summed E-state index contributed by atoms with van der Waals surface area (Å²) in [5.74, 6) is 0.594. The van der Waals surface area contributed by atoms with Crippen molar-refractivity contribution in [3.63, 3.8) is 0 Å². The molecule has 0 saturated carbocycles. The highest BCUT2D eigenvalue weighted by atomic mass is 32.2. The van der Waals surface area contributed by atoms with Gasteiger partial charge in [0.25, 0.3) is 0 Å². The Morgan fingerprint density at radius 1 is 0.955 bits per heavy atom. The molecule has 0 bridgehead atoms. The third-order valence-corrected chi connectivity index (χ3v) is 3.93. The van der Waals surface area contributed by atoms with Gasteiger partial charge < -0.3 is 9.47 Å².